The number of benzene rings is 3. The molecule has 196 valence electrons. The van der Waals surface area contributed by atoms with Gasteiger partial charge in [0.25, 0.3) is 5.91 Å². The average molecular weight is 559 g/mol. The molecule has 4 rings (SSSR count). The highest BCUT2D eigenvalue weighted by molar-refractivity contribution is 6.36. The number of carboxylic acid groups (broad SMARTS) is 2. The Morgan fingerprint density at radius 2 is 1.58 bits per heavy atom. The van der Waals surface area contributed by atoms with Crippen molar-refractivity contribution >= 4 is 52.7 Å². The molecule has 0 atom stereocenters. The number of amides is 1. The van der Waals surface area contributed by atoms with Crippen LogP contribution in [-0.2, 0) is 4.74 Å². The van der Waals surface area contributed by atoms with Crippen molar-refractivity contribution in [3.63, 3.8) is 0 Å². The first-order valence-electron chi connectivity index (χ1n) is 11.1. The van der Waals surface area contributed by atoms with E-state index in [1.165, 1.54) is 18.2 Å². The van der Waals surface area contributed by atoms with Crippen molar-refractivity contribution in [3.05, 3.63) is 80.8 Å². The number of carboxylic acids is 2. The van der Waals surface area contributed by atoms with Crippen molar-refractivity contribution in [2.45, 2.75) is 6.10 Å². The van der Waals surface area contributed by atoms with Crippen molar-refractivity contribution in [3.8, 4) is 16.9 Å². The van der Waals surface area contributed by atoms with Gasteiger partial charge < -0.3 is 25.4 Å². The first-order chi connectivity index (χ1) is 17.9. The van der Waals surface area contributed by atoms with E-state index in [0.717, 1.165) is 6.07 Å². The molecule has 4 N–H and O–H groups in total. The number of anilines is 1. The number of aromatic carboxylic acids is 2. The van der Waals surface area contributed by atoms with Crippen LogP contribution in [0.25, 0.3) is 11.1 Å². The molecule has 1 aliphatic heterocycles. The molecule has 0 spiro atoms. The van der Waals surface area contributed by atoms with E-state index in [9.17, 15) is 34.5 Å². The first kappa shape index (κ1) is 26.9. The van der Waals surface area contributed by atoms with E-state index in [1.807, 2.05) is 11.9 Å². The summed E-state index contributed by atoms with van der Waals surface area (Å²) < 4.78 is 5.50. The summed E-state index contributed by atoms with van der Waals surface area (Å²) in [5.41, 5.74) is -0.843. The molecule has 3 aromatic carbocycles. The Hall–Kier alpha value is -4.12. The smallest absolute Gasteiger partial charge is 0.340 e. The van der Waals surface area contributed by atoms with Crippen LogP contribution in [0.15, 0.2) is 48.5 Å². The van der Waals surface area contributed by atoms with E-state index >= 15 is 0 Å². The highest BCUT2D eigenvalue weighted by Crippen LogP contribution is 2.34. The highest BCUT2D eigenvalue weighted by atomic mass is 35.5. The number of aromatic hydroxyl groups is 1. The van der Waals surface area contributed by atoms with Gasteiger partial charge in [-0.3, -0.25) is 9.69 Å². The SMILES string of the molecule is CN1CC(OC(=O)c2ccc(-c3ccc(Cl)cc3Cl)cc2NC(=O)c2cc(O)c(C(=O)O)cc2C(=O)O)C1. The Bertz CT molecular complexity index is 1480. The molecule has 1 saturated heterocycles. The molecule has 1 aliphatic rings. The molecule has 0 bridgehead atoms. The molecule has 0 saturated carbocycles. The number of ether oxygens (including phenoxy) is 1. The van der Waals surface area contributed by atoms with E-state index in [4.69, 9.17) is 27.9 Å². The zero-order valence-electron chi connectivity index (χ0n) is 19.7. The molecule has 0 aliphatic carbocycles. The Labute approximate surface area is 226 Å². The molecule has 0 aromatic heterocycles. The second-order valence-electron chi connectivity index (χ2n) is 8.61. The van der Waals surface area contributed by atoms with Crippen LogP contribution in [0, 0.1) is 0 Å². The second-order valence-corrected chi connectivity index (χ2v) is 9.46. The quantitative estimate of drug-likeness (QED) is 0.307. The molecular weight excluding hydrogens is 539 g/mol. The number of likely N-dealkylation sites (N-methyl/N-ethyl adjacent to an activating group) is 1. The molecule has 0 unspecified atom stereocenters. The maximum Gasteiger partial charge on any atom is 0.340 e. The lowest BCUT2D eigenvalue weighted by molar-refractivity contribution is -0.0211. The third-order valence-corrected chi connectivity index (χ3v) is 6.42. The van der Waals surface area contributed by atoms with Crippen LogP contribution >= 0.6 is 23.2 Å². The number of phenols is 1. The summed E-state index contributed by atoms with van der Waals surface area (Å²) in [6, 6.07) is 10.7. The molecule has 3 aromatic rings. The van der Waals surface area contributed by atoms with Gasteiger partial charge in [-0.15, -0.1) is 0 Å². The van der Waals surface area contributed by atoms with Crippen molar-refractivity contribution in [2.75, 3.05) is 25.5 Å². The number of carbonyl (C=O) groups is 4. The zero-order chi connectivity index (χ0) is 27.7. The Kier molecular flexibility index (Phi) is 7.58. The fourth-order valence-electron chi connectivity index (χ4n) is 3.96. The predicted molar refractivity (Wildman–Crippen MR) is 139 cm³/mol. The zero-order valence-corrected chi connectivity index (χ0v) is 21.2. The summed E-state index contributed by atoms with van der Waals surface area (Å²) >= 11 is 12.3. The van der Waals surface area contributed by atoms with E-state index in [-0.39, 0.29) is 17.4 Å². The summed E-state index contributed by atoms with van der Waals surface area (Å²) in [6.45, 7) is 1.09. The Morgan fingerprint density at radius 1 is 0.895 bits per heavy atom. The van der Waals surface area contributed by atoms with Crippen molar-refractivity contribution < 1.29 is 39.2 Å². The number of rotatable bonds is 7. The summed E-state index contributed by atoms with van der Waals surface area (Å²) in [6.07, 6.45) is -0.333. The van der Waals surface area contributed by atoms with Gasteiger partial charge in [0.15, 0.2) is 0 Å². The number of esters is 1. The van der Waals surface area contributed by atoms with Gasteiger partial charge >= 0.3 is 17.9 Å². The lowest BCUT2D eigenvalue weighted by atomic mass is 10.00. The number of hydrogen-bond acceptors (Lipinski definition) is 7. The van der Waals surface area contributed by atoms with Crippen LogP contribution in [0.2, 0.25) is 10.0 Å². The van der Waals surface area contributed by atoms with E-state index in [1.54, 1.807) is 18.2 Å². The number of likely N-dealkylation sites (tertiary alicyclic amines) is 1. The van der Waals surface area contributed by atoms with Gasteiger partial charge in [-0.25, -0.2) is 14.4 Å². The van der Waals surface area contributed by atoms with Gasteiger partial charge in [0.2, 0.25) is 0 Å². The lowest BCUT2D eigenvalue weighted by Crippen LogP contribution is -2.50. The van der Waals surface area contributed by atoms with Crippen LogP contribution in [0.4, 0.5) is 5.69 Å². The number of hydrogen-bond donors (Lipinski definition) is 4. The lowest BCUT2D eigenvalue weighted by Gasteiger charge is -2.35. The molecule has 1 amide bonds. The van der Waals surface area contributed by atoms with Crippen LogP contribution in [0.1, 0.15) is 41.4 Å². The van der Waals surface area contributed by atoms with Crippen LogP contribution in [0.5, 0.6) is 5.75 Å². The van der Waals surface area contributed by atoms with Crippen LogP contribution in [0.3, 0.4) is 0 Å². The largest absolute Gasteiger partial charge is 0.507 e. The molecule has 12 heteroatoms. The fourth-order valence-corrected chi connectivity index (χ4v) is 4.48. The van der Waals surface area contributed by atoms with E-state index in [2.05, 4.69) is 5.32 Å². The van der Waals surface area contributed by atoms with Gasteiger partial charge in [-0.1, -0.05) is 35.3 Å². The third-order valence-electron chi connectivity index (χ3n) is 5.88. The fraction of sp³-hybridized carbons (Fsp3) is 0.154. The number of carbonyl (C=O) groups excluding carboxylic acids is 2. The molecule has 1 heterocycles. The summed E-state index contributed by atoms with van der Waals surface area (Å²) in [4.78, 5) is 51.2. The molecule has 0 radical (unpaired) electrons. The summed E-state index contributed by atoms with van der Waals surface area (Å²) in [7, 11) is 1.87. The average Bonchev–Trinajstić information content (AvgIpc) is 2.82. The number of nitrogens with zero attached hydrogens (tertiary/aromatic N) is 1. The van der Waals surface area contributed by atoms with Gasteiger partial charge in [0.1, 0.15) is 17.4 Å². The van der Waals surface area contributed by atoms with Crippen molar-refractivity contribution in [1.29, 1.82) is 0 Å². The standard InChI is InChI=1S/C26H20Cl2N2O8/c1-30-10-14(11-30)38-26(37)16-4-2-12(15-5-3-13(27)7-20(15)28)6-21(16)29-23(32)17-9-22(31)19(25(35)36)8-18(17)24(33)34/h2-9,14,31H,10-11H2,1H3,(H,29,32)(H,33,34)(H,35,36). The summed E-state index contributed by atoms with van der Waals surface area (Å²) in [5.74, 6) is -5.69. The Morgan fingerprint density at radius 3 is 2.18 bits per heavy atom. The number of halogens is 2. The van der Waals surface area contributed by atoms with Crippen LogP contribution in [-0.4, -0.2) is 70.3 Å². The maximum atomic E-state index is 13.2. The maximum absolute atomic E-state index is 13.2. The van der Waals surface area contributed by atoms with Gasteiger partial charge in [-0.05, 0) is 49.0 Å². The van der Waals surface area contributed by atoms with E-state index in [0.29, 0.717) is 40.3 Å². The minimum absolute atomic E-state index is 0.00927. The molecule has 10 nitrogen and oxygen atoms in total. The monoisotopic (exact) mass is 558 g/mol. The third kappa shape index (κ3) is 5.57. The minimum Gasteiger partial charge on any atom is -0.507 e. The van der Waals surface area contributed by atoms with Gasteiger partial charge in [-0.2, -0.15) is 0 Å². The molecular formula is C26H20Cl2N2O8. The minimum atomic E-state index is -1.59. The predicted octanol–water partition coefficient (Wildman–Crippen LogP) is 4.49. The topological polar surface area (TPSA) is 153 Å². The molecule has 38 heavy (non-hydrogen) atoms. The van der Waals surface area contributed by atoms with Gasteiger partial charge in [0, 0.05) is 28.7 Å². The second kappa shape index (κ2) is 10.7. The van der Waals surface area contributed by atoms with Crippen molar-refractivity contribution in [1.82, 2.24) is 4.90 Å². The van der Waals surface area contributed by atoms with Crippen LogP contribution < -0.4 is 5.32 Å². The molecule has 1 fully saturated rings. The van der Waals surface area contributed by atoms with Gasteiger partial charge in [0.05, 0.1) is 22.4 Å². The van der Waals surface area contributed by atoms with E-state index < -0.39 is 46.3 Å². The first-order valence-corrected chi connectivity index (χ1v) is 11.8. The normalized spacial score (nSPS) is 13.4. The van der Waals surface area contributed by atoms with Crippen molar-refractivity contribution in [2.24, 2.45) is 0 Å². The number of nitrogens with one attached hydrogen (secondary N) is 1. The summed E-state index contributed by atoms with van der Waals surface area (Å²) in [5, 5.41) is 32.0. The Balaban J connectivity index is 1.76. The highest BCUT2D eigenvalue weighted by Gasteiger charge is 2.29.